The normalized spacial score (nSPS) is 23.2. The fourth-order valence-corrected chi connectivity index (χ4v) is 3.65. The number of hydrogen-bond donors (Lipinski definition) is 2. The molecule has 8 nitrogen and oxygen atoms in total. The third-order valence-electron chi connectivity index (χ3n) is 5.52. The predicted molar refractivity (Wildman–Crippen MR) is 116 cm³/mol. The first-order valence-corrected chi connectivity index (χ1v) is 10.1. The quantitative estimate of drug-likeness (QED) is 0.521. The number of pyridine rings is 1. The number of halogens is 7. The lowest BCUT2D eigenvalue weighted by Crippen LogP contribution is -2.55. The molecule has 196 valence electrons. The molecule has 1 fully saturated rings. The molecule has 0 saturated carbocycles. The van der Waals surface area contributed by atoms with Gasteiger partial charge in [-0.25, -0.2) is 27.5 Å². The van der Waals surface area contributed by atoms with Crippen molar-refractivity contribution in [3.8, 4) is 5.75 Å². The fourth-order valence-electron chi connectivity index (χ4n) is 3.65. The summed E-state index contributed by atoms with van der Waals surface area (Å²) in [7, 11) is 0. The highest BCUT2D eigenvalue weighted by Crippen LogP contribution is 2.48. The Morgan fingerprint density at radius 3 is 2.64 bits per heavy atom. The monoisotopic (exact) mass is 540 g/mol. The number of amides is 1. The summed E-state index contributed by atoms with van der Waals surface area (Å²) in [5, 5.41) is 2.45. The number of carbonyl (C=O) groups excluding carboxylic acids is 1. The molecule has 0 spiro atoms. The van der Waals surface area contributed by atoms with Gasteiger partial charge in [-0.2, -0.15) is 8.78 Å². The molecule has 2 aromatic rings. The van der Waals surface area contributed by atoms with Crippen LogP contribution >= 0.6 is 12.4 Å². The van der Waals surface area contributed by atoms with Crippen LogP contribution in [0.4, 0.5) is 32.0 Å². The molecule has 1 amide bonds. The van der Waals surface area contributed by atoms with E-state index < -0.39 is 55.1 Å². The number of aliphatic imine (C=N–C) groups is 1. The van der Waals surface area contributed by atoms with Gasteiger partial charge < -0.3 is 25.3 Å². The zero-order valence-electron chi connectivity index (χ0n) is 18.2. The van der Waals surface area contributed by atoms with Crippen molar-refractivity contribution in [2.45, 2.75) is 23.6 Å². The number of fused-ring (bicyclic) bond motifs is 1. The van der Waals surface area contributed by atoms with Crippen LogP contribution in [0, 0.1) is 5.82 Å². The summed E-state index contributed by atoms with van der Waals surface area (Å²) in [6.07, 6.45) is -3.00. The van der Waals surface area contributed by atoms with Crippen LogP contribution < -0.4 is 15.8 Å². The van der Waals surface area contributed by atoms with Crippen LogP contribution in [0.15, 0.2) is 41.5 Å². The van der Waals surface area contributed by atoms with Crippen LogP contribution in [0.2, 0.25) is 0 Å². The Bertz CT molecular complexity index is 1160. The highest BCUT2D eigenvalue weighted by atomic mass is 35.5. The summed E-state index contributed by atoms with van der Waals surface area (Å²) in [6.45, 7) is -2.79. The van der Waals surface area contributed by atoms with Crippen LogP contribution in [-0.4, -0.2) is 61.4 Å². The second-order valence-electron chi connectivity index (χ2n) is 7.94. The van der Waals surface area contributed by atoms with Gasteiger partial charge in [-0.3, -0.25) is 4.79 Å². The van der Waals surface area contributed by atoms with E-state index in [1.807, 2.05) is 0 Å². The van der Waals surface area contributed by atoms with Gasteiger partial charge in [0.2, 0.25) is 0 Å². The molecule has 2 aliphatic heterocycles. The molecule has 0 radical (unpaired) electrons. The van der Waals surface area contributed by atoms with Crippen LogP contribution in [-0.2, 0) is 15.0 Å². The zero-order valence-corrected chi connectivity index (χ0v) is 19.0. The number of hydrogen-bond acceptors (Lipinski definition) is 7. The Morgan fingerprint density at radius 2 is 1.97 bits per heavy atom. The van der Waals surface area contributed by atoms with E-state index >= 15 is 4.39 Å². The third kappa shape index (κ3) is 5.00. The van der Waals surface area contributed by atoms with Gasteiger partial charge >= 0.3 is 12.3 Å². The SMILES string of the molecule is Cl.NC1=NC2(c3cc(NC(=O)c4ccc(OCC(F)(F)C(F)F)cn4)ccc3F)COCC2(F)CO1. The zero-order chi connectivity index (χ0) is 25.4. The maximum absolute atomic E-state index is 15.6. The summed E-state index contributed by atoms with van der Waals surface area (Å²) < 4.78 is 95.5. The van der Waals surface area contributed by atoms with Gasteiger partial charge in [-0.1, -0.05) is 0 Å². The summed E-state index contributed by atoms with van der Waals surface area (Å²) in [4.78, 5) is 20.3. The standard InChI is InChI=1S/C21H18F6N4O4.ClH/c22-14-3-1-11(5-13(14)20-9-33-7-19(20,25)8-35-18(28)31-20)30-16(32)15-4-2-12(6-29-15)34-10-21(26,27)17(23)24;/h1-6,17H,7-10H2,(H2,28,31)(H,30,32);1H. The molecule has 0 bridgehead atoms. The van der Waals surface area contributed by atoms with Crippen molar-refractivity contribution < 1.29 is 45.3 Å². The minimum absolute atomic E-state index is 0. The van der Waals surface area contributed by atoms with Gasteiger partial charge in [-0.05, 0) is 30.3 Å². The minimum atomic E-state index is -4.35. The van der Waals surface area contributed by atoms with Crippen molar-refractivity contribution in [1.29, 1.82) is 0 Å². The molecule has 36 heavy (non-hydrogen) atoms. The van der Waals surface area contributed by atoms with Crippen LogP contribution in [0.25, 0.3) is 0 Å². The lowest BCUT2D eigenvalue weighted by molar-refractivity contribution is -0.148. The smallest absolute Gasteiger partial charge is 0.340 e. The fraction of sp³-hybridized carbons (Fsp3) is 0.381. The number of nitrogens with one attached hydrogen (secondary N) is 1. The topological polar surface area (TPSA) is 108 Å². The van der Waals surface area contributed by atoms with Gasteiger partial charge in [-0.15, -0.1) is 12.4 Å². The third-order valence-corrected chi connectivity index (χ3v) is 5.52. The molecular weight excluding hydrogens is 522 g/mol. The molecule has 1 aromatic carbocycles. The summed E-state index contributed by atoms with van der Waals surface area (Å²) >= 11 is 0. The van der Waals surface area contributed by atoms with Crippen molar-refractivity contribution in [2.24, 2.45) is 10.7 Å². The molecule has 0 aliphatic carbocycles. The van der Waals surface area contributed by atoms with E-state index in [1.165, 1.54) is 12.1 Å². The van der Waals surface area contributed by atoms with Gasteiger partial charge in [0.1, 0.15) is 23.9 Å². The van der Waals surface area contributed by atoms with Crippen LogP contribution in [0.1, 0.15) is 16.1 Å². The summed E-state index contributed by atoms with van der Waals surface area (Å²) in [6, 6.07) is 5.27. The lowest BCUT2D eigenvalue weighted by Gasteiger charge is -2.38. The molecule has 3 heterocycles. The van der Waals surface area contributed by atoms with E-state index in [0.717, 1.165) is 24.4 Å². The number of amidine groups is 1. The highest BCUT2D eigenvalue weighted by Gasteiger charge is 2.62. The number of rotatable bonds is 7. The molecule has 3 N–H and O–H groups in total. The number of benzene rings is 1. The maximum Gasteiger partial charge on any atom is 0.340 e. The van der Waals surface area contributed by atoms with E-state index in [0.29, 0.717) is 0 Å². The van der Waals surface area contributed by atoms with E-state index in [1.54, 1.807) is 0 Å². The number of aromatic nitrogens is 1. The first kappa shape index (κ1) is 27.3. The Hall–Kier alpha value is -3.26. The number of nitrogens with two attached hydrogens (primary N) is 1. The number of carbonyl (C=O) groups is 1. The Morgan fingerprint density at radius 1 is 1.22 bits per heavy atom. The van der Waals surface area contributed by atoms with Crippen molar-refractivity contribution in [2.75, 3.05) is 31.7 Å². The molecule has 1 aromatic heterocycles. The highest BCUT2D eigenvalue weighted by molar-refractivity contribution is 6.02. The van der Waals surface area contributed by atoms with E-state index in [4.69, 9.17) is 15.2 Å². The largest absolute Gasteiger partial charge is 0.485 e. The second kappa shape index (κ2) is 10.0. The van der Waals surface area contributed by atoms with E-state index in [-0.39, 0.29) is 47.7 Å². The molecule has 2 atom stereocenters. The molecule has 2 aliphatic rings. The van der Waals surface area contributed by atoms with Crippen LogP contribution in [0.3, 0.4) is 0 Å². The van der Waals surface area contributed by atoms with Crippen molar-refractivity contribution in [1.82, 2.24) is 4.98 Å². The first-order valence-electron chi connectivity index (χ1n) is 10.1. The second-order valence-corrected chi connectivity index (χ2v) is 7.94. The lowest BCUT2D eigenvalue weighted by atomic mass is 9.78. The Labute approximate surface area is 206 Å². The minimum Gasteiger partial charge on any atom is -0.485 e. The number of nitrogens with zero attached hydrogens (tertiary/aromatic N) is 2. The number of alkyl halides is 5. The van der Waals surface area contributed by atoms with Crippen molar-refractivity contribution in [3.05, 3.63) is 53.6 Å². The maximum atomic E-state index is 15.6. The molecule has 4 rings (SSSR count). The number of anilines is 1. The van der Waals surface area contributed by atoms with Crippen molar-refractivity contribution >= 4 is 30.0 Å². The van der Waals surface area contributed by atoms with Gasteiger partial charge in [0.25, 0.3) is 11.9 Å². The average molecular weight is 541 g/mol. The summed E-state index contributed by atoms with van der Waals surface area (Å²) in [5.74, 6) is -6.21. The molecule has 2 unspecified atom stereocenters. The molecule has 15 heteroatoms. The predicted octanol–water partition coefficient (Wildman–Crippen LogP) is 3.45. The van der Waals surface area contributed by atoms with E-state index in [2.05, 4.69) is 20.0 Å². The molecular formula is C21H19ClF6N4O4. The van der Waals surface area contributed by atoms with Crippen LogP contribution in [0.5, 0.6) is 5.75 Å². The van der Waals surface area contributed by atoms with Gasteiger partial charge in [0.05, 0.1) is 19.4 Å². The number of ether oxygens (including phenoxy) is 3. The van der Waals surface area contributed by atoms with Gasteiger partial charge in [0.15, 0.2) is 17.8 Å². The average Bonchev–Trinajstić information content (AvgIpc) is 3.16. The Balaban J connectivity index is 0.00000361. The first-order chi connectivity index (χ1) is 16.5. The van der Waals surface area contributed by atoms with Crippen molar-refractivity contribution in [3.63, 3.8) is 0 Å². The molecule has 1 saturated heterocycles. The Kier molecular flexibility index (Phi) is 7.60. The summed E-state index contributed by atoms with van der Waals surface area (Å²) in [5.41, 5.74) is 1.25. The van der Waals surface area contributed by atoms with Gasteiger partial charge in [0, 0.05) is 11.3 Å². The van der Waals surface area contributed by atoms with E-state index in [9.17, 15) is 26.7 Å².